The maximum absolute atomic E-state index is 12.0. The number of rotatable bonds is 4. The molecule has 0 aliphatic carbocycles. The van der Waals surface area contributed by atoms with E-state index in [4.69, 9.17) is 27.2 Å². The molecule has 0 radical (unpaired) electrons. The molecule has 18 heavy (non-hydrogen) atoms. The van der Waals surface area contributed by atoms with Crippen LogP contribution in [0, 0.1) is 0 Å². The van der Waals surface area contributed by atoms with E-state index in [1.165, 1.54) is 12.1 Å². The summed E-state index contributed by atoms with van der Waals surface area (Å²) in [5, 5.41) is 8.92. The van der Waals surface area contributed by atoms with Gasteiger partial charge in [-0.1, -0.05) is 17.7 Å². The van der Waals surface area contributed by atoms with Crippen LogP contribution in [0.3, 0.4) is 0 Å². The molecule has 0 amide bonds. The molecule has 3 N–H and O–H groups in total. The van der Waals surface area contributed by atoms with Crippen molar-refractivity contribution in [1.29, 1.82) is 0 Å². The van der Waals surface area contributed by atoms with Gasteiger partial charge in [0.25, 0.3) is 0 Å². The van der Waals surface area contributed by atoms with E-state index in [0.29, 0.717) is 0 Å². The largest absolute Gasteiger partial charge is 0.489 e. The number of benzene rings is 1. The first kappa shape index (κ1) is 15.1. The minimum absolute atomic E-state index is 0.0735. The molecule has 0 aliphatic rings. The van der Waals surface area contributed by atoms with Gasteiger partial charge in [0.15, 0.2) is 6.10 Å². The lowest BCUT2D eigenvalue weighted by atomic mass is 10.1. The highest BCUT2D eigenvalue weighted by Crippen LogP contribution is 2.28. The van der Waals surface area contributed by atoms with Crippen molar-refractivity contribution in [3.63, 3.8) is 0 Å². The molecule has 0 spiro atoms. The van der Waals surface area contributed by atoms with Crippen molar-refractivity contribution in [3.05, 3.63) is 28.8 Å². The number of hydrogen-bond donors (Lipinski definition) is 2. The molecule has 3 nitrogen and oxygen atoms in total. The summed E-state index contributed by atoms with van der Waals surface area (Å²) in [6, 6.07) is 4.30. The Labute approximate surface area is 107 Å². The van der Waals surface area contributed by atoms with Crippen LogP contribution in [0.5, 0.6) is 5.75 Å². The molecule has 1 rings (SSSR count). The summed E-state index contributed by atoms with van der Waals surface area (Å²) >= 11 is 5.83. The Morgan fingerprint density at radius 3 is 2.50 bits per heavy atom. The summed E-state index contributed by atoms with van der Waals surface area (Å²) in [6.07, 6.45) is -7.25. The quantitative estimate of drug-likeness (QED) is 0.893. The van der Waals surface area contributed by atoms with Gasteiger partial charge in [-0.25, -0.2) is 0 Å². The first-order valence-electron chi connectivity index (χ1n) is 5.14. The van der Waals surface area contributed by atoms with Crippen LogP contribution in [-0.2, 0) is 0 Å². The molecule has 0 saturated heterocycles. The fourth-order valence-corrected chi connectivity index (χ4v) is 1.42. The van der Waals surface area contributed by atoms with Crippen molar-refractivity contribution in [2.45, 2.75) is 25.2 Å². The third-order valence-electron chi connectivity index (χ3n) is 2.26. The molecule has 0 aliphatic heterocycles. The Morgan fingerprint density at radius 2 is 2.06 bits per heavy atom. The average molecular weight is 284 g/mol. The van der Waals surface area contributed by atoms with Gasteiger partial charge in [-0.2, -0.15) is 13.2 Å². The smallest absolute Gasteiger partial charge is 0.417 e. The molecule has 2 atom stereocenters. The highest BCUT2D eigenvalue weighted by Gasteiger charge is 2.38. The van der Waals surface area contributed by atoms with E-state index in [-0.39, 0.29) is 16.8 Å². The summed E-state index contributed by atoms with van der Waals surface area (Å²) in [5.41, 5.74) is 6.36. The zero-order valence-electron chi connectivity index (χ0n) is 9.54. The second kappa shape index (κ2) is 5.77. The lowest BCUT2D eigenvalue weighted by Gasteiger charge is -2.16. The maximum atomic E-state index is 12.0. The summed E-state index contributed by atoms with van der Waals surface area (Å²) in [4.78, 5) is 0. The minimum atomic E-state index is -4.71. The van der Waals surface area contributed by atoms with Crippen molar-refractivity contribution >= 4 is 11.6 Å². The van der Waals surface area contributed by atoms with Crippen LogP contribution >= 0.6 is 11.6 Å². The van der Waals surface area contributed by atoms with Crippen molar-refractivity contribution in [3.8, 4) is 5.75 Å². The van der Waals surface area contributed by atoms with Crippen LogP contribution in [0.25, 0.3) is 0 Å². The average Bonchev–Trinajstić information content (AvgIpc) is 2.25. The number of nitrogens with two attached hydrogens (primary N) is 1. The Hall–Kier alpha value is -0.980. The number of alkyl halides is 3. The Morgan fingerprint density at radius 1 is 1.44 bits per heavy atom. The third kappa shape index (κ3) is 4.04. The van der Waals surface area contributed by atoms with Crippen LogP contribution in [0.2, 0.25) is 5.02 Å². The second-order valence-corrected chi connectivity index (χ2v) is 4.25. The number of aliphatic hydroxyl groups is 1. The van der Waals surface area contributed by atoms with Crippen LogP contribution in [-0.4, -0.2) is 24.0 Å². The third-order valence-corrected chi connectivity index (χ3v) is 2.55. The molecule has 7 heteroatoms. The molecular weight excluding hydrogens is 271 g/mol. The monoisotopic (exact) mass is 283 g/mol. The van der Waals surface area contributed by atoms with E-state index in [1.807, 2.05) is 0 Å². The highest BCUT2D eigenvalue weighted by molar-refractivity contribution is 6.32. The summed E-state index contributed by atoms with van der Waals surface area (Å²) < 4.78 is 40.9. The number of aliphatic hydroxyl groups excluding tert-OH is 1. The van der Waals surface area contributed by atoms with E-state index in [2.05, 4.69) is 0 Å². The van der Waals surface area contributed by atoms with Gasteiger partial charge in [0.1, 0.15) is 12.4 Å². The molecule has 0 bridgehead atoms. The standard InChI is InChI=1S/C11H13ClF3NO2/c1-6(16)7-2-3-9(8(12)4-7)18-5-10(17)11(13,14)15/h2-4,6,10,17H,5,16H2,1H3. The van der Waals surface area contributed by atoms with Crippen LogP contribution in [0.4, 0.5) is 13.2 Å². The second-order valence-electron chi connectivity index (χ2n) is 3.85. The zero-order valence-corrected chi connectivity index (χ0v) is 10.3. The van der Waals surface area contributed by atoms with Gasteiger partial charge in [0.05, 0.1) is 5.02 Å². The number of hydrogen-bond acceptors (Lipinski definition) is 3. The number of ether oxygens (including phenoxy) is 1. The topological polar surface area (TPSA) is 55.5 Å². The maximum Gasteiger partial charge on any atom is 0.417 e. The molecule has 1 aromatic carbocycles. The van der Waals surface area contributed by atoms with Gasteiger partial charge >= 0.3 is 6.18 Å². The molecule has 2 unspecified atom stereocenters. The van der Waals surface area contributed by atoms with Crippen molar-refractivity contribution in [2.75, 3.05) is 6.61 Å². The lowest BCUT2D eigenvalue weighted by Crippen LogP contribution is -2.34. The van der Waals surface area contributed by atoms with Gasteiger partial charge in [-0.05, 0) is 24.6 Å². The zero-order chi connectivity index (χ0) is 13.9. The summed E-state index contributed by atoms with van der Waals surface area (Å²) in [7, 11) is 0. The van der Waals surface area contributed by atoms with Gasteiger partial charge in [-0.3, -0.25) is 0 Å². The summed E-state index contributed by atoms with van der Waals surface area (Å²) in [6.45, 7) is 0.848. The Balaban J connectivity index is 2.69. The van der Waals surface area contributed by atoms with E-state index in [1.54, 1.807) is 13.0 Å². The van der Waals surface area contributed by atoms with Gasteiger partial charge in [-0.15, -0.1) is 0 Å². The van der Waals surface area contributed by atoms with Crippen molar-refractivity contribution in [1.82, 2.24) is 0 Å². The Bertz CT molecular complexity index is 410. The first-order chi connectivity index (χ1) is 8.21. The van der Waals surface area contributed by atoms with Crippen molar-refractivity contribution < 1.29 is 23.0 Å². The highest BCUT2D eigenvalue weighted by atomic mass is 35.5. The fourth-order valence-electron chi connectivity index (χ4n) is 1.18. The lowest BCUT2D eigenvalue weighted by molar-refractivity contribution is -0.210. The predicted molar refractivity (Wildman–Crippen MR) is 61.6 cm³/mol. The van der Waals surface area contributed by atoms with Crippen LogP contribution in [0.1, 0.15) is 18.5 Å². The molecule has 0 heterocycles. The molecule has 0 fully saturated rings. The Kier molecular flexibility index (Phi) is 4.84. The van der Waals surface area contributed by atoms with Crippen LogP contribution < -0.4 is 10.5 Å². The SMILES string of the molecule is CC(N)c1ccc(OCC(O)C(F)(F)F)c(Cl)c1. The number of halogens is 4. The molecule has 0 saturated carbocycles. The molecular formula is C11H13ClF3NO2. The van der Waals surface area contributed by atoms with Crippen LogP contribution in [0.15, 0.2) is 18.2 Å². The first-order valence-corrected chi connectivity index (χ1v) is 5.52. The van der Waals surface area contributed by atoms with Crippen molar-refractivity contribution in [2.24, 2.45) is 5.73 Å². The molecule has 1 aromatic rings. The predicted octanol–water partition coefficient (Wildman–Crippen LogP) is 2.66. The van der Waals surface area contributed by atoms with E-state index in [9.17, 15) is 13.2 Å². The molecule has 0 aromatic heterocycles. The minimum Gasteiger partial charge on any atom is -0.489 e. The van der Waals surface area contributed by atoms with Gasteiger partial charge in [0.2, 0.25) is 0 Å². The van der Waals surface area contributed by atoms with E-state index >= 15 is 0 Å². The van der Waals surface area contributed by atoms with E-state index < -0.39 is 18.9 Å². The van der Waals surface area contributed by atoms with Gasteiger partial charge < -0.3 is 15.6 Å². The fraction of sp³-hybridized carbons (Fsp3) is 0.455. The summed E-state index contributed by atoms with van der Waals surface area (Å²) in [5.74, 6) is 0.0735. The normalized spacial score (nSPS) is 15.3. The van der Waals surface area contributed by atoms with Gasteiger partial charge in [0, 0.05) is 6.04 Å². The van der Waals surface area contributed by atoms with E-state index in [0.717, 1.165) is 5.56 Å². The molecule has 102 valence electrons.